The topological polar surface area (TPSA) is 52.0 Å². The second-order valence-corrected chi connectivity index (χ2v) is 1.75. The van der Waals surface area contributed by atoms with Gasteiger partial charge in [-0.2, -0.15) is 0 Å². The van der Waals surface area contributed by atoms with Crippen LogP contribution in [0.25, 0.3) is 0 Å². The van der Waals surface area contributed by atoms with E-state index in [1.54, 1.807) is 12.5 Å². The van der Waals surface area contributed by atoms with Crippen molar-refractivity contribution in [2.24, 2.45) is 5.73 Å². The summed E-state index contributed by atoms with van der Waals surface area (Å²) in [4.78, 5) is 0. The molecule has 2 N–H and O–H groups in total. The van der Waals surface area contributed by atoms with E-state index in [4.69, 9.17) is 5.73 Å². The van der Waals surface area contributed by atoms with Crippen LogP contribution in [0.1, 0.15) is 18.5 Å². The number of nitrogens with zero attached hydrogens (tertiary/aromatic N) is 1. The number of rotatable bonds is 1. The van der Waals surface area contributed by atoms with Crippen LogP contribution in [0, 0.1) is 0 Å². The summed E-state index contributed by atoms with van der Waals surface area (Å²) in [6, 6.07) is 0.0289. The molecule has 0 saturated carbocycles. The Kier molecular flexibility index (Phi) is 1.30. The molecule has 3 heteroatoms. The molecule has 1 heterocycles. The van der Waals surface area contributed by atoms with Gasteiger partial charge in [0.15, 0.2) is 0 Å². The fourth-order valence-electron chi connectivity index (χ4n) is 0.438. The molecule has 0 amide bonds. The molecule has 0 spiro atoms. The van der Waals surface area contributed by atoms with E-state index >= 15 is 0 Å². The molecular weight excluding hydrogens is 104 g/mol. The third-order valence-electron chi connectivity index (χ3n) is 0.977. The first-order chi connectivity index (χ1) is 3.80. The zero-order valence-electron chi connectivity index (χ0n) is 4.66. The standard InChI is InChI=1S/C5H8N2O/c1-4(6)5-2-7-8-3-5/h2-4H,6H2,1H3/t4-/m1/s1. The maximum Gasteiger partial charge on any atom is 0.128 e. The molecule has 0 aliphatic heterocycles. The van der Waals surface area contributed by atoms with Gasteiger partial charge in [0.05, 0.1) is 6.20 Å². The largest absolute Gasteiger partial charge is 0.364 e. The van der Waals surface area contributed by atoms with Crippen molar-refractivity contribution in [2.45, 2.75) is 13.0 Å². The van der Waals surface area contributed by atoms with E-state index in [-0.39, 0.29) is 6.04 Å². The molecular formula is C5H8N2O. The summed E-state index contributed by atoms with van der Waals surface area (Å²) in [6.45, 7) is 1.88. The predicted octanol–water partition coefficient (Wildman–Crippen LogP) is 0.694. The number of aromatic nitrogens is 1. The first-order valence-electron chi connectivity index (χ1n) is 2.45. The summed E-state index contributed by atoms with van der Waals surface area (Å²) in [6.07, 6.45) is 3.16. The molecule has 0 fully saturated rings. The highest BCUT2D eigenvalue weighted by Gasteiger charge is 1.98. The third kappa shape index (κ3) is 0.869. The van der Waals surface area contributed by atoms with Gasteiger partial charge in [0, 0.05) is 11.6 Å². The van der Waals surface area contributed by atoms with Gasteiger partial charge in [0.1, 0.15) is 6.26 Å². The Balaban J connectivity index is 2.77. The summed E-state index contributed by atoms with van der Waals surface area (Å²) < 4.78 is 4.55. The van der Waals surface area contributed by atoms with Crippen LogP contribution in [-0.2, 0) is 0 Å². The van der Waals surface area contributed by atoms with Crippen molar-refractivity contribution in [3.8, 4) is 0 Å². The van der Waals surface area contributed by atoms with Crippen LogP contribution >= 0.6 is 0 Å². The minimum absolute atomic E-state index is 0.0289. The summed E-state index contributed by atoms with van der Waals surface area (Å²) in [5.74, 6) is 0. The average Bonchev–Trinajstić information content (AvgIpc) is 2.12. The smallest absolute Gasteiger partial charge is 0.128 e. The molecule has 1 rings (SSSR count). The van der Waals surface area contributed by atoms with Gasteiger partial charge < -0.3 is 10.3 Å². The van der Waals surface area contributed by atoms with Gasteiger partial charge in [-0.1, -0.05) is 5.16 Å². The Hall–Kier alpha value is -0.830. The van der Waals surface area contributed by atoms with E-state index < -0.39 is 0 Å². The van der Waals surface area contributed by atoms with Gasteiger partial charge in [-0.3, -0.25) is 0 Å². The molecule has 0 aliphatic carbocycles. The molecule has 0 saturated heterocycles. The predicted molar refractivity (Wildman–Crippen MR) is 29.1 cm³/mol. The normalized spacial score (nSPS) is 13.8. The van der Waals surface area contributed by atoms with Crippen molar-refractivity contribution in [1.82, 2.24) is 5.16 Å². The first kappa shape index (κ1) is 5.31. The minimum Gasteiger partial charge on any atom is -0.364 e. The molecule has 1 aromatic rings. The third-order valence-corrected chi connectivity index (χ3v) is 0.977. The summed E-state index contributed by atoms with van der Waals surface area (Å²) in [7, 11) is 0. The molecule has 0 aromatic carbocycles. The molecule has 1 atom stereocenters. The van der Waals surface area contributed by atoms with Crippen molar-refractivity contribution in [1.29, 1.82) is 0 Å². The van der Waals surface area contributed by atoms with Gasteiger partial charge in [-0.15, -0.1) is 0 Å². The Morgan fingerprint density at radius 2 is 2.62 bits per heavy atom. The second-order valence-electron chi connectivity index (χ2n) is 1.75. The van der Waals surface area contributed by atoms with Crippen LogP contribution in [0.15, 0.2) is 17.0 Å². The second kappa shape index (κ2) is 1.96. The quantitative estimate of drug-likeness (QED) is 0.581. The van der Waals surface area contributed by atoms with Gasteiger partial charge in [-0.25, -0.2) is 0 Å². The molecule has 1 aromatic heterocycles. The minimum atomic E-state index is 0.0289. The maximum absolute atomic E-state index is 5.46. The van der Waals surface area contributed by atoms with E-state index in [0.29, 0.717) is 0 Å². The van der Waals surface area contributed by atoms with E-state index in [9.17, 15) is 0 Å². The van der Waals surface area contributed by atoms with Crippen LogP contribution in [0.2, 0.25) is 0 Å². The van der Waals surface area contributed by atoms with Gasteiger partial charge in [-0.05, 0) is 6.92 Å². The Bertz CT molecular complexity index is 145. The van der Waals surface area contributed by atoms with E-state index in [1.165, 1.54) is 0 Å². The molecule has 0 bridgehead atoms. The highest BCUT2D eigenvalue weighted by Crippen LogP contribution is 2.05. The molecule has 0 radical (unpaired) electrons. The molecule has 8 heavy (non-hydrogen) atoms. The zero-order chi connectivity index (χ0) is 5.98. The maximum atomic E-state index is 5.46. The summed E-state index contributed by atoms with van der Waals surface area (Å²) >= 11 is 0. The van der Waals surface area contributed by atoms with Crippen LogP contribution in [-0.4, -0.2) is 5.16 Å². The van der Waals surface area contributed by atoms with Crippen molar-refractivity contribution in [3.63, 3.8) is 0 Å². The Morgan fingerprint density at radius 3 is 2.88 bits per heavy atom. The lowest BCUT2D eigenvalue weighted by Gasteiger charge is -1.94. The highest BCUT2D eigenvalue weighted by molar-refractivity contribution is 5.04. The van der Waals surface area contributed by atoms with Crippen LogP contribution < -0.4 is 5.73 Å². The SMILES string of the molecule is C[C@@H](N)c1cnoc1. The summed E-state index contributed by atoms with van der Waals surface area (Å²) in [5, 5.41) is 3.49. The lowest BCUT2D eigenvalue weighted by molar-refractivity contribution is 0.418. The molecule has 3 nitrogen and oxygen atoms in total. The van der Waals surface area contributed by atoms with Crippen molar-refractivity contribution >= 4 is 0 Å². The van der Waals surface area contributed by atoms with Crippen LogP contribution in [0.3, 0.4) is 0 Å². The fraction of sp³-hybridized carbons (Fsp3) is 0.400. The molecule has 44 valence electrons. The lowest BCUT2D eigenvalue weighted by atomic mass is 10.2. The van der Waals surface area contributed by atoms with E-state index in [0.717, 1.165) is 5.56 Å². The Morgan fingerprint density at radius 1 is 1.88 bits per heavy atom. The highest BCUT2D eigenvalue weighted by atomic mass is 16.5. The average molecular weight is 112 g/mol. The molecule has 0 aliphatic rings. The van der Waals surface area contributed by atoms with Gasteiger partial charge >= 0.3 is 0 Å². The molecule has 0 unspecified atom stereocenters. The van der Waals surface area contributed by atoms with Crippen LogP contribution in [0.5, 0.6) is 0 Å². The van der Waals surface area contributed by atoms with Crippen LogP contribution in [0.4, 0.5) is 0 Å². The van der Waals surface area contributed by atoms with Gasteiger partial charge in [0.2, 0.25) is 0 Å². The van der Waals surface area contributed by atoms with E-state index in [1.807, 2.05) is 6.92 Å². The van der Waals surface area contributed by atoms with Crippen molar-refractivity contribution < 1.29 is 4.52 Å². The fourth-order valence-corrected chi connectivity index (χ4v) is 0.438. The van der Waals surface area contributed by atoms with E-state index in [2.05, 4.69) is 9.68 Å². The zero-order valence-corrected chi connectivity index (χ0v) is 4.66. The Labute approximate surface area is 47.5 Å². The lowest BCUT2D eigenvalue weighted by Crippen LogP contribution is -2.02. The first-order valence-corrected chi connectivity index (χ1v) is 2.45. The van der Waals surface area contributed by atoms with Crippen molar-refractivity contribution in [3.05, 3.63) is 18.0 Å². The monoisotopic (exact) mass is 112 g/mol. The summed E-state index contributed by atoms with van der Waals surface area (Å²) in [5.41, 5.74) is 6.39. The van der Waals surface area contributed by atoms with Gasteiger partial charge in [0.25, 0.3) is 0 Å². The van der Waals surface area contributed by atoms with Crippen molar-refractivity contribution in [2.75, 3.05) is 0 Å². The number of hydrogen-bond donors (Lipinski definition) is 1. The number of hydrogen-bond acceptors (Lipinski definition) is 3. The number of nitrogens with two attached hydrogens (primary N) is 1.